The molecule has 0 N–H and O–H groups in total. The van der Waals surface area contributed by atoms with E-state index in [1.807, 2.05) is 11.8 Å². The van der Waals surface area contributed by atoms with E-state index in [2.05, 4.69) is 24.2 Å². The quantitative estimate of drug-likeness (QED) is 0.692. The molecule has 0 atom stereocenters. The Kier molecular flexibility index (Phi) is 5.32. The summed E-state index contributed by atoms with van der Waals surface area (Å²) in [6, 6.07) is 0. The number of nitrogens with zero attached hydrogens (tertiary/aromatic N) is 1. The van der Waals surface area contributed by atoms with E-state index in [1.54, 1.807) is 0 Å². The van der Waals surface area contributed by atoms with Crippen molar-refractivity contribution in [3.05, 3.63) is 11.1 Å². The molecular weight excluding hydrogens is 182 g/mol. The fraction of sp³-hybridized carbons (Fsp3) is 0.800. The molecule has 76 valence electrons. The van der Waals surface area contributed by atoms with Crippen molar-refractivity contribution in [3.63, 3.8) is 0 Å². The van der Waals surface area contributed by atoms with E-state index in [4.69, 9.17) is 4.74 Å². The monoisotopic (exact) mass is 201 g/mol. The van der Waals surface area contributed by atoms with Gasteiger partial charge in [0, 0.05) is 13.1 Å². The highest BCUT2D eigenvalue weighted by atomic mass is 32.2. The maximum Gasteiger partial charge on any atom is 0.0665 e. The minimum Gasteiger partial charge on any atom is -0.378 e. The molecule has 0 aromatic carbocycles. The number of unbranched alkanes of at least 4 members (excludes halogenated alkanes) is 1. The molecule has 0 spiro atoms. The van der Waals surface area contributed by atoms with E-state index >= 15 is 0 Å². The van der Waals surface area contributed by atoms with Crippen molar-refractivity contribution in [2.75, 3.05) is 32.6 Å². The third-order valence-electron chi connectivity index (χ3n) is 2.14. The molecule has 0 aromatic heterocycles. The molecule has 1 aliphatic rings. The molecule has 1 heterocycles. The molecule has 1 aliphatic heterocycles. The summed E-state index contributed by atoms with van der Waals surface area (Å²) in [7, 11) is 0. The van der Waals surface area contributed by atoms with Crippen LogP contribution in [0.2, 0.25) is 0 Å². The van der Waals surface area contributed by atoms with E-state index in [0.717, 1.165) is 26.3 Å². The standard InChI is InChI=1S/C10H19NOS/c1-3-4-5-10(13-2)11-6-8-12-9-7-11/h5H,3-4,6-9H2,1-2H3/b10-5+. The van der Waals surface area contributed by atoms with Crippen LogP contribution in [0, 0.1) is 0 Å². The van der Waals surface area contributed by atoms with E-state index in [-0.39, 0.29) is 0 Å². The number of rotatable bonds is 4. The van der Waals surface area contributed by atoms with Gasteiger partial charge in [0.25, 0.3) is 0 Å². The smallest absolute Gasteiger partial charge is 0.0665 e. The zero-order valence-electron chi connectivity index (χ0n) is 8.58. The van der Waals surface area contributed by atoms with E-state index < -0.39 is 0 Å². The first-order valence-electron chi connectivity index (χ1n) is 4.95. The number of hydrogen-bond acceptors (Lipinski definition) is 3. The SMILES string of the molecule is CCC/C=C(/SC)N1CCOCC1. The van der Waals surface area contributed by atoms with E-state index in [9.17, 15) is 0 Å². The van der Waals surface area contributed by atoms with Crippen molar-refractivity contribution < 1.29 is 4.74 Å². The average molecular weight is 201 g/mol. The Labute approximate surface area is 85.3 Å². The summed E-state index contributed by atoms with van der Waals surface area (Å²) in [6.07, 6.45) is 6.91. The Hall–Kier alpha value is -0.150. The van der Waals surface area contributed by atoms with E-state index in [1.165, 1.54) is 17.9 Å². The molecule has 0 aromatic rings. The van der Waals surface area contributed by atoms with Crippen LogP contribution in [-0.2, 0) is 4.74 Å². The number of allylic oxidation sites excluding steroid dienone is 1. The molecule has 0 bridgehead atoms. The van der Waals surface area contributed by atoms with Crippen molar-refractivity contribution in [2.45, 2.75) is 19.8 Å². The normalized spacial score (nSPS) is 19.2. The Morgan fingerprint density at radius 2 is 2.15 bits per heavy atom. The maximum atomic E-state index is 5.32. The lowest BCUT2D eigenvalue weighted by molar-refractivity contribution is 0.0575. The lowest BCUT2D eigenvalue weighted by atomic mass is 10.3. The minimum absolute atomic E-state index is 0.879. The second kappa shape index (κ2) is 6.33. The third-order valence-corrected chi connectivity index (χ3v) is 2.98. The fourth-order valence-corrected chi connectivity index (χ4v) is 2.12. The first-order valence-corrected chi connectivity index (χ1v) is 6.17. The Balaban J connectivity index is 2.43. The number of hydrogen-bond donors (Lipinski definition) is 0. The van der Waals surface area contributed by atoms with Gasteiger partial charge in [0.2, 0.25) is 0 Å². The van der Waals surface area contributed by atoms with Gasteiger partial charge in [0.1, 0.15) is 0 Å². The first kappa shape index (κ1) is 10.9. The molecule has 3 heteroatoms. The molecule has 0 radical (unpaired) electrons. The predicted molar refractivity (Wildman–Crippen MR) is 58.9 cm³/mol. The highest BCUT2D eigenvalue weighted by molar-refractivity contribution is 8.02. The average Bonchev–Trinajstić information content (AvgIpc) is 2.21. The molecule has 0 unspecified atom stereocenters. The summed E-state index contributed by atoms with van der Waals surface area (Å²) in [5.74, 6) is 0. The zero-order chi connectivity index (χ0) is 9.52. The van der Waals surface area contributed by atoms with Crippen LogP contribution in [0.3, 0.4) is 0 Å². The predicted octanol–water partition coefficient (Wildman–Crippen LogP) is 2.32. The molecule has 1 fully saturated rings. The summed E-state index contributed by atoms with van der Waals surface area (Å²) in [5, 5.41) is 1.42. The van der Waals surface area contributed by atoms with Crippen LogP contribution in [0.25, 0.3) is 0 Å². The summed E-state index contributed by atoms with van der Waals surface area (Å²) >= 11 is 1.85. The Bertz CT molecular complexity index is 164. The van der Waals surface area contributed by atoms with Crippen LogP contribution >= 0.6 is 11.8 Å². The van der Waals surface area contributed by atoms with Crippen LogP contribution < -0.4 is 0 Å². The molecule has 0 amide bonds. The van der Waals surface area contributed by atoms with Crippen LogP contribution in [0.15, 0.2) is 11.1 Å². The van der Waals surface area contributed by atoms with Crippen molar-refractivity contribution in [2.24, 2.45) is 0 Å². The van der Waals surface area contributed by atoms with Gasteiger partial charge >= 0.3 is 0 Å². The van der Waals surface area contributed by atoms with Gasteiger partial charge in [-0.05, 0) is 12.7 Å². The third kappa shape index (κ3) is 3.61. The molecule has 0 saturated carbocycles. The summed E-state index contributed by atoms with van der Waals surface area (Å²) in [5.41, 5.74) is 0. The Morgan fingerprint density at radius 3 is 2.69 bits per heavy atom. The van der Waals surface area contributed by atoms with Crippen LogP contribution in [-0.4, -0.2) is 37.5 Å². The lowest BCUT2D eigenvalue weighted by Crippen LogP contribution is -2.34. The molecule has 1 rings (SSSR count). The van der Waals surface area contributed by atoms with Gasteiger partial charge < -0.3 is 9.64 Å². The summed E-state index contributed by atoms with van der Waals surface area (Å²) in [4.78, 5) is 2.42. The van der Waals surface area contributed by atoms with E-state index in [0.29, 0.717) is 0 Å². The van der Waals surface area contributed by atoms with Crippen LogP contribution in [0.5, 0.6) is 0 Å². The Morgan fingerprint density at radius 1 is 1.46 bits per heavy atom. The summed E-state index contributed by atoms with van der Waals surface area (Å²) < 4.78 is 5.32. The van der Waals surface area contributed by atoms with Crippen molar-refractivity contribution in [3.8, 4) is 0 Å². The van der Waals surface area contributed by atoms with Gasteiger partial charge in [-0.3, -0.25) is 0 Å². The molecule has 13 heavy (non-hydrogen) atoms. The molecular formula is C10H19NOS. The van der Waals surface area contributed by atoms with Crippen molar-refractivity contribution in [1.82, 2.24) is 4.90 Å². The minimum atomic E-state index is 0.879. The highest BCUT2D eigenvalue weighted by Crippen LogP contribution is 2.19. The number of ether oxygens (including phenoxy) is 1. The van der Waals surface area contributed by atoms with Crippen LogP contribution in [0.4, 0.5) is 0 Å². The molecule has 1 saturated heterocycles. The van der Waals surface area contributed by atoms with Crippen molar-refractivity contribution >= 4 is 11.8 Å². The topological polar surface area (TPSA) is 12.5 Å². The number of morpholine rings is 1. The molecule has 2 nitrogen and oxygen atoms in total. The van der Waals surface area contributed by atoms with Crippen LogP contribution in [0.1, 0.15) is 19.8 Å². The van der Waals surface area contributed by atoms with Gasteiger partial charge in [-0.25, -0.2) is 0 Å². The maximum absolute atomic E-state index is 5.32. The summed E-state index contributed by atoms with van der Waals surface area (Å²) in [6.45, 7) is 6.08. The first-order chi connectivity index (χ1) is 6.38. The highest BCUT2D eigenvalue weighted by Gasteiger charge is 2.11. The second-order valence-corrected chi connectivity index (χ2v) is 3.96. The van der Waals surface area contributed by atoms with Gasteiger partial charge in [-0.1, -0.05) is 19.4 Å². The lowest BCUT2D eigenvalue weighted by Gasteiger charge is -2.30. The van der Waals surface area contributed by atoms with Gasteiger partial charge in [-0.15, -0.1) is 11.8 Å². The fourth-order valence-electron chi connectivity index (χ4n) is 1.39. The van der Waals surface area contributed by atoms with Gasteiger partial charge in [0.05, 0.1) is 18.2 Å². The van der Waals surface area contributed by atoms with Gasteiger partial charge in [-0.2, -0.15) is 0 Å². The second-order valence-electron chi connectivity index (χ2n) is 3.13. The van der Waals surface area contributed by atoms with Gasteiger partial charge in [0.15, 0.2) is 0 Å². The molecule has 0 aliphatic carbocycles. The van der Waals surface area contributed by atoms with Crippen molar-refractivity contribution in [1.29, 1.82) is 0 Å². The largest absolute Gasteiger partial charge is 0.378 e. The zero-order valence-corrected chi connectivity index (χ0v) is 9.40. The number of thioether (sulfide) groups is 1.